The fraction of sp³-hybridized carbons (Fsp3) is 0.368. The predicted octanol–water partition coefficient (Wildman–Crippen LogP) is -0.480. The molecule has 0 aliphatic carbocycles. The Morgan fingerprint density at radius 3 is 2.74 bits per heavy atom. The van der Waals surface area contributed by atoms with Gasteiger partial charge in [0.15, 0.2) is 18.5 Å². The van der Waals surface area contributed by atoms with Gasteiger partial charge in [0.2, 0.25) is 0 Å². The number of phosphoric ester groups is 1. The van der Waals surface area contributed by atoms with Gasteiger partial charge in [-0.25, -0.2) is 14.3 Å². The first kappa shape index (κ1) is 24.9. The molecule has 3 aromatic rings. The van der Waals surface area contributed by atoms with E-state index in [0.717, 1.165) is 7.11 Å². The Morgan fingerprint density at radius 1 is 1.29 bits per heavy atom. The third kappa shape index (κ3) is 5.57. The summed E-state index contributed by atoms with van der Waals surface area (Å²) < 4.78 is 32.7. The molecule has 0 radical (unpaired) electrons. The molecule has 5 N–H and O–H groups in total. The smallest absolute Gasteiger partial charge is 0.472 e. The van der Waals surface area contributed by atoms with Gasteiger partial charge in [-0.3, -0.25) is 23.4 Å². The molecule has 0 spiro atoms. The van der Waals surface area contributed by atoms with E-state index in [-0.39, 0.29) is 23.6 Å². The van der Waals surface area contributed by atoms with Crippen LogP contribution in [-0.4, -0.2) is 79.2 Å². The minimum atomic E-state index is -4.34. The van der Waals surface area contributed by atoms with Crippen molar-refractivity contribution in [3.05, 3.63) is 47.1 Å². The first-order valence-corrected chi connectivity index (χ1v) is 11.7. The van der Waals surface area contributed by atoms with E-state index >= 15 is 0 Å². The Labute approximate surface area is 196 Å². The molecule has 3 heterocycles. The lowest BCUT2D eigenvalue weighted by molar-refractivity contribution is -0.118. The van der Waals surface area contributed by atoms with Crippen molar-refractivity contribution in [3.63, 3.8) is 0 Å². The average Bonchev–Trinajstić information content (AvgIpc) is 3.38. The number of aliphatic hydroxyl groups excluding tert-OH is 2. The maximum Gasteiger partial charge on any atom is 0.472 e. The van der Waals surface area contributed by atoms with Crippen LogP contribution in [0.25, 0.3) is 11.2 Å². The summed E-state index contributed by atoms with van der Waals surface area (Å²) in [4.78, 5) is 44.2. The number of anilines is 1. The summed E-state index contributed by atoms with van der Waals surface area (Å²) in [5.74, 6) is -0.162. The highest BCUT2D eigenvalue weighted by molar-refractivity contribution is 7.47. The normalized spacial score (nSPS) is 23.8. The molecule has 1 aliphatic rings. The summed E-state index contributed by atoms with van der Waals surface area (Å²) in [5, 5.41) is 23.2. The van der Waals surface area contributed by atoms with Gasteiger partial charge in [-0.1, -0.05) is 18.2 Å². The number of benzene rings is 1. The van der Waals surface area contributed by atoms with Crippen molar-refractivity contribution < 1.29 is 43.0 Å². The van der Waals surface area contributed by atoms with E-state index in [1.807, 2.05) is 0 Å². The van der Waals surface area contributed by atoms with Crippen molar-refractivity contribution in [2.75, 3.05) is 25.6 Å². The lowest BCUT2D eigenvalue weighted by Gasteiger charge is -2.17. The van der Waals surface area contributed by atoms with Crippen LogP contribution in [0.5, 0.6) is 5.75 Å². The lowest BCUT2D eigenvalue weighted by Crippen LogP contribution is -2.33. The Balaban J connectivity index is 1.52. The van der Waals surface area contributed by atoms with E-state index in [9.17, 15) is 29.3 Å². The second-order valence-electron chi connectivity index (χ2n) is 7.38. The number of hydrogen-bond donors (Lipinski definition) is 5. The molecule has 0 bridgehead atoms. The molecule has 1 amide bonds. The molecule has 0 saturated carbocycles. The maximum atomic E-state index is 12.3. The molecule has 35 heavy (non-hydrogen) atoms. The molecule has 1 fully saturated rings. The molecule has 5 atom stereocenters. The minimum Gasteiger partial charge on any atom is -0.484 e. The van der Waals surface area contributed by atoms with Crippen LogP contribution in [0.1, 0.15) is 6.23 Å². The van der Waals surface area contributed by atoms with Crippen molar-refractivity contribution in [3.8, 4) is 5.75 Å². The molecular weight excluding hydrogens is 489 g/mol. The van der Waals surface area contributed by atoms with Gasteiger partial charge in [-0.2, -0.15) is 4.98 Å². The van der Waals surface area contributed by atoms with E-state index in [1.165, 1.54) is 10.9 Å². The molecule has 1 saturated heterocycles. The number of fused-ring (bicyclic) bond motifs is 1. The Hall–Kier alpha value is -3.17. The van der Waals surface area contributed by atoms with Crippen LogP contribution in [-0.2, 0) is 23.1 Å². The summed E-state index contributed by atoms with van der Waals surface area (Å²) in [6, 6.07) is 8.64. The molecule has 2 aromatic heterocycles. The molecule has 16 heteroatoms. The molecule has 188 valence electrons. The SMILES string of the molecule is COP(=O)(O)OC[C@H]1O[C@@H](n2cnc3c(NC(=O)COc4ccccc4)[nH]c(=O)nc32)[C@H](O)[C@@H]1O. The van der Waals surface area contributed by atoms with Crippen LogP contribution < -0.4 is 15.7 Å². The van der Waals surface area contributed by atoms with Crippen LogP contribution >= 0.6 is 7.82 Å². The average molecular weight is 511 g/mol. The molecule has 1 aliphatic heterocycles. The van der Waals surface area contributed by atoms with Crippen LogP contribution in [0, 0.1) is 0 Å². The highest BCUT2D eigenvalue weighted by Gasteiger charge is 2.45. The number of carbonyl (C=O) groups is 1. The van der Waals surface area contributed by atoms with Gasteiger partial charge in [0.05, 0.1) is 12.9 Å². The maximum absolute atomic E-state index is 12.3. The second-order valence-corrected chi connectivity index (χ2v) is 8.94. The quantitative estimate of drug-likeness (QED) is 0.231. The van der Waals surface area contributed by atoms with Gasteiger partial charge in [-0.15, -0.1) is 0 Å². The number of ether oxygens (including phenoxy) is 2. The van der Waals surface area contributed by atoms with E-state index in [2.05, 4.69) is 24.8 Å². The number of aliphatic hydroxyl groups is 2. The van der Waals surface area contributed by atoms with Gasteiger partial charge >= 0.3 is 13.5 Å². The topological polar surface area (TPSA) is 207 Å². The van der Waals surface area contributed by atoms with Crippen molar-refractivity contribution in [1.29, 1.82) is 0 Å². The second kappa shape index (κ2) is 10.2. The summed E-state index contributed by atoms with van der Waals surface area (Å²) >= 11 is 0. The first-order valence-electron chi connectivity index (χ1n) is 10.2. The minimum absolute atomic E-state index is 0.0597. The number of nitrogens with zero attached hydrogens (tertiary/aromatic N) is 3. The summed E-state index contributed by atoms with van der Waals surface area (Å²) in [5.41, 5.74) is -0.815. The number of imidazole rings is 1. The van der Waals surface area contributed by atoms with Crippen LogP contribution in [0.4, 0.5) is 5.82 Å². The number of para-hydroxylation sites is 1. The van der Waals surface area contributed by atoms with Crippen molar-refractivity contribution in [2.24, 2.45) is 0 Å². The largest absolute Gasteiger partial charge is 0.484 e. The van der Waals surface area contributed by atoms with Crippen LogP contribution in [0.15, 0.2) is 41.5 Å². The van der Waals surface area contributed by atoms with E-state index < -0.39 is 50.6 Å². The monoisotopic (exact) mass is 511 g/mol. The highest BCUT2D eigenvalue weighted by atomic mass is 31.2. The van der Waals surface area contributed by atoms with Crippen molar-refractivity contribution >= 4 is 30.7 Å². The number of aromatic amines is 1. The molecule has 4 rings (SSSR count). The zero-order chi connectivity index (χ0) is 25.2. The van der Waals surface area contributed by atoms with Gasteiger partial charge in [0, 0.05) is 7.11 Å². The van der Waals surface area contributed by atoms with Gasteiger partial charge in [0.1, 0.15) is 35.4 Å². The van der Waals surface area contributed by atoms with Crippen molar-refractivity contribution in [1.82, 2.24) is 19.5 Å². The van der Waals surface area contributed by atoms with Crippen LogP contribution in [0.2, 0.25) is 0 Å². The number of phosphoric acid groups is 1. The standard InChI is InChI=1S/C19H22N5O10P/c1-31-35(29,30)33-7-11-14(26)15(27)18(34-11)24-9-20-13-16(22-19(28)23-17(13)24)21-12(25)8-32-10-5-3-2-4-6-10/h2-6,9,11,14-15,18,26-27H,7-8H2,1H3,(H,29,30)(H2,21,22,23,25,28)/t11-,14-,15-,18-/m1/s1. The summed E-state index contributed by atoms with van der Waals surface area (Å²) in [6.45, 7) is -0.912. The van der Waals surface area contributed by atoms with Gasteiger partial charge < -0.3 is 29.9 Å². The Morgan fingerprint density at radius 2 is 2.03 bits per heavy atom. The summed E-state index contributed by atoms with van der Waals surface area (Å²) in [6.07, 6.45) is -4.33. The lowest BCUT2D eigenvalue weighted by atomic mass is 10.1. The molecule has 15 nitrogen and oxygen atoms in total. The Bertz CT molecular complexity index is 1300. The van der Waals surface area contributed by atoms with E-state index in [1.54, 1.807) is 30.3 Å². The fourth-order valence-electron chi connectivity index (χ4n) is 3.37. The number of hydrogen-bond acceptors (Lipinski definition) is 11. The van der Waals surface area contributed by atoms with E-state index in [4.69, 9.17) is 14.0 Å². The van der Waals surface area contributed by atoms with Gasteiger partial charge in [0.25, 0.3) is 5.91 Å². The van der Waals surface area contributed by atoms with Gasteiger partial charge in [-0.05, 0) is 12.1 Å². The molecule has 1 unspecified atom stereocenters. The number of H-pyrrole nitrogens is 1. The molecule has 1 aromatic carbocycles. The highest BCUT2D eigenvalue weighted by Crippen LogP contribution is 2.43. The number of nitrogens with one attached hydrogen (secondary N) is 2. The number of rotatable bonds is 9. The predicted molar refractivity (Wildman–Crippen MR) is 117 cm³/mol. The van der Waals surface area contributed by atoms with Crippen LogP contribution in [0.3, 0.4) is 0 Å². The fourth-order valence-corrected chi connectivity index (χ4v) is 3.81. The zero-order valence-corrected chi connectivity index (χ0v) is 19.1. The van der Waals surface area contributed by atoms with Crippen molar-refractivity contribution in [2.45, 2.75) is 24.5 Å². The third-order valence-electron chi connectivity index (χ3n) is 5.07. The zero-order valence-electron chi connectivity index (χ0n) is 18.2. The third-order valence-corrected chi connectivity index (χ3v) is 6.00. The molecular formula is C19H22N5O10P. The summed E-state index contributed by atoms with van der Waals surface area (Å²) in [7, 11) is -3.38. The number of carbonyl (C=O) groups excluding carboxylic acids is 1. The first-order chi connectivity index (χ1) is 16.7. The number of aromatic nitrogens is 4. The van der Waals surface area contributed by atoms with E-state index in [0.29, 0.717) is 5.75 Å². The number of amides is 1. The Kier molecular flexibility index (Phi) is 7.28.